The predicted octanol–water partition coefficient (Wildman–Crippen LogP) is 1.53. The van der Waals surface area contributed by atoms with Crippen LogP contribution >= 0.6 is 0 Å². The van der Waals surface area contributed by atoms with Gasteiger partial charge >= 0.3 is 0 Å². The maximum Gasteiger partial charge on any atom is 0.254 e. The first-order valence-corrected chi connectivity index (χ1v) is 9.93. The molecule has 2 aliphatic heterocycles. The number of pyridine rings is 1. The lowest BCUT2D eigenvalue weighted by Crippen LogP contribution is -2.55. The largest absolute Gasteiger partial charge is 0.336 e. The molecule has 1 aromatic rings. The van der Waals surface area contributed by atoms with Crippen molar-refractivity contribution in [3.8, 4) is 0 Å². The first-order valence-electron chi connectivity index (χ1n) is 9.93. The lowest BCUT2D eigenvalue weighted by molar-refractivity contribution is -0.118. The molecule has 1 N–H and O–H groups in total. The molecule has 0 radical (unpaired) electrons. The molecular formula is C20H31N5O2. The number of carbonyl (C=O) groups excluding carboxylic acids is 2. The van der Waals surface area contributed by atoms with Gasteiger partial charge in [0.2, 0.25) is 5.91 Å². The number of nitrogens with zero attached hydrogens (tertiary/aromatic N) is 4. The molecule has 0 bridgehead atoms. The van der Waals surface area contributed by atoms with E-state index < -0.39 is 0 Å². The summed E-state index contributed by atoms with van der Waals surface area (Å²) in [4.78, 5) is 35.7. The molecule has 2 amide bonds. The number of rotatable bonds is 4. The van der Waals surface area contributed by atoms with E-state index in [4.69, 9.17) is 0 Å². The molecule has 0 aliphatic carbocycles. The van der Waals surface area contributed by atoms with E-state index >= 15 is 0 Å². The van der Waals surface area contributed by atoms with Gasteiger partial charge in [-0.3, -0.25) is 14.5 Å². The second kappa shape index (κ2) is 8.80. The van der Waals surface area contributed by atoms with Crippen LogP contribution in [0.5, 0.6) is 0 Å². The molecule has 3 rings (SSSR count). The number of carbonyl (C=O) groups is 2. The average molecular weight is 374 g/mol. The van der Waals surface area contributed by atoms with Crippen molar-refractivity contribution in [1.82, 2.24) is 19.7 Å². The normalized spacial score (nSPS) is 22.1. The number of anilines is 1. The number of likely N-dealkylation sites (N-methyl/N-ethyl adjacent to an activating group) is 1. The van der Waals surface area contributed by atoms with Crippen LogP contribution in [0.25, 0.3) is 0 Å². The molecule has 0 aromatic carbocycles. The summed E-state index contributed by atoms with van der Waals surface area (Å²) >= 11 is 0. The van der Waals surface area contributed by atoms with Crippen molar-refractivity contribution >= 4 is 17.6 Å². The second-order valence-electron chi connectivity index (χ2n) is 7.96. The minimum absolute atomic E-state index is 0.0119. The molecule has 2 fully saturated rings. The van der Waals surface area contributed by atoms with Gasteiger partial charge in [-0.2, -0.15) is 0 Å². The molecule has 7 heteroatoms. The third kappa shape index (κ3) is 5.05. The zero-order valence-corrected chi connectivity index (χ0v) is 16.6. The van der Waals surface area contributed by atoms with Crippen LogP contribution in [0.2, 0.25) is 0 Å². The van der Waals surface area contributed by atoms with Crippen molar-refractivity contribution in [3.63, 3.8) is 0 Å². The van der Waals surface area contributed by atoms with E-state index in [1.165, 1.54) is 19.4 Å². The number of likely N-dealkylation sites (tertiary alicyclic amines) is 1. The summed E-state index contributed by atoms with van der Waals surface area (Å²) in [6, 6.07) is 4.00. The van der Waals surface area contributed by atoms with Crippen LogP contribution in [0.3, 0.4) is 0 Å². The standard InChI is InChI=1S/C20H31N5O2/c1-15(2)19(26)22-18-13-16(6-7-21-18)20(27)25-11-9-24(10-12-25)17-5-4-8-23(3)14-17/h6-7,13,15,17H,4-5,8-12,14H2,1-3H3,(H,21,22,26). The van der Waals surface area contributed by atoms with E-state index in [0.29, 0.717) is 17.4 Å². The van der Waals surface area contributed by atoms with E-state index in [2.05, 4.69) is 27.1 Å². The number of piperidine rings is 1. The van der Waals surface area contributed by atoms with Crippen molar-refractivity contribution < 1.29 is 9.59 Å². The third-order valence-electron chi connectivity index (χ3n) is 5.50. The zero-order chi connectivity index (χ0) is 19.4. The maximum atomic E-state index is 12.9. The van der Waals surface area contributed by atoms with Crippen molar-refractivity contribution in [1.29, 1.82) is 0 Å². The van der Waals surface area contributed by atoms with Gasteiger partial charge < -0.3 is 15.1 Å². The fourth-order valence-electron chi connectivity index (χ4n) is 3.81. The lowest BCUT2D eigenvalue weighted by atomic mass is 10.0. The Morgan fingerprint density at radius 2 is 1.93 bits per heavy atom. The van der Waals surface area contributed by atoms with Crippen LogP contribution in [0.4, 0.5) is 5.82 Å². The topological polar surface area (TPSA) is 68.8 Å². The summed E-state index contributed by atoms with van der Waals surface area (Å²) in [6.45, 7) is 9.30. The van der Waals surface area contributed by atoms with Gasteiger partial charge in [-0.15, -0.1) is 0 Å². The second-order valence-corrected chi connectivity index (χ2v) is 7.96. The minimum atomic E-state index is -0.127. The number of piperazine rings is 1. The highest BCUT2D eigenvalue weighted by molar-refractivity contribution is 5.96. The Balaban J connectivity index is 1.57. The molecule has 7 nitrogen and oxygen atoms in total. The monoisotopic (exact) mass is 373 g/mol. The Bertz CT molecular complexity index is 670. The van der Waals surface area contributed by atoms with E-state index in [1.807, 2.05) is 18.7 Å². The summed E-state index contributed by atoms with van der Waals surface area (Å²) in [7, 11) is 2.19. The summed E-state index contributed by atoms with van der Waals surface area (Å²) in [6.07, 6.45) is 4.08. The van der Waals surface area contributed by atoms with Gasteiger partial charge in [-0.1, -0.05) is 13.8 Å². The van der Waals surface area contributed by atoms with Crippen LogP contribution < -0.4 is 5.32 Å². The molecule has 0 spiro atoms. The number of aromatic nitrogens is 1. The quantitative estimate of drug-likeness (QED) is 0.867. The Morgan fingerprint density at radius 1 is 1.19 bits per heavy atom. The van der Waals surface area contributed by atoms with E-state index in [0.717, 1.165) is 32.7 Å². The highest BCUT2D eigenvalue weighted by atomic mass is 16.2. The summed E-state index contributed by atoms with van der Waals surface area (Å²) in [5.41, 5.74) is 0.579. The number of amides is 2. The van der Waals surface area contributed by atoms with Crippen LogP contribution in [-0.2, 0) is 4.79 Å². The molecule has 2 saturated heterocycles. The van der Waals surface area contributed by atoms with Crippen molar-refractivity contribution in [2.45, 2.75) is 32.7 Å². The van der Waals surface area contributed by atoms with Gasteiger partial charge in [0.15, 0.2) is 0 Å². The highest BCUT2D eigenvalue weighted by Gasteiger charge is 2.28. The Hall–Kier alpha value is -1.99. The summed E-state index contributed by atoms with van der Waals surface area (Å²) in [5.74, 6) is 0.220. The number of hydrogen-bond acceptors (Lipinski definition) is 5. The van der Waals surface area contributed by atoms with E-state index in [-0.39, 0.29) is 17.7 Å². The average Bonchev–Trinajstić information content (AvgIpc) is 2.67. The van der Waals surface area contributed by atoms with Crippen LogP contribution in [0.1, 0.15) is 37.0 Å². The minimum Gasteiger partial charge on any atom is -0.336 e. The number of hydrogen-bond donors (Lipinski definition) is 1. The molecule has 0 saturated carbocycles. The Labute approximate surface area is 161 Å². The van der Waals surface area contributed by atoms with Gasteiger partial charge in [0.05, 0.1) is 0 Å². The predicted molar refractivity (Wildman–Crippen MR) is 106 cm³/mol. The smallest absolute Gasteiger partial charge is 0.254 e. The summed E-state index contributed by atoms with van der Waals surface area (Å²) < 4.78 is 0. The van der Waals surface area contributed by atoms with Gasteiger partial charge in [0, 0.05) is 56.4 Å². The molecule has 1 atom stereocenters. The van der Waals surface area contributed by atoms with Gasteiger partial charge in [-0.05, 0) is 38.6 Å². The fraction of sp³-hybridized carbons (Fsp3) is 0.650. The molecule has 1 aromatic heterocycles. The Morgan fingerprint density at radius 3 is 2.59 bits per heavy atom. The van der Waals surface area contributed by atoms with Gasteiger partial charge in [0.25, 0.3) is 5.91 Å². The first kappa shape index (κ1) is 19.8. The fourth-order valence-corrected chi connectivity index (χ4v) is 3.81. The molecule has 2 aliphatic rings. The summed E-state index contributed by atoms with van der Waals surface area (Å²) in [5, 5.41) is 2.76. The van der Waals surface area contributed by atoms with Crippen LogP contribution in [0.15, 0.2) is 18.3 Å². The maximum absolute atomic E-state index is 12.9. The van der Waals surface area contributed by atoms with Crippen molar-refractivity contribution in [3.05, 3.63) is 23.9 Å². The van der Waals surface area contributed by atoms with Gasteiger partial charge in [-0.25, -0.2) is 4.98 Å². The lowest BCUT2D eigenvalue weighted by Gasteiger charge is -2.42. The molecular weight excluding hydrogens is 342 g/mol. The molecule has 148 valence electrons. The SMILES string of the molecule is CC(C)C(=O)Nc1cc(C(=O)N2CCN(C3CCCN(C)C3)CC2)ccn1. The van der Waals surface area contributed by atoms with Crippen molar-refractivity contribution in [2.75, 3.05) is 51.6 Å². The number of nitrogens with one attached hydrogen (secondary N) is 1. The van der Waals surface area contributed by atoms with Gasteiger partial charge in [0.1, 0.15) is 5.82 Å². The third-order valence-corrected chi connectivity index (χ3v) is 5.50. The molecule has 3 heterocycles. The Kier molecular flexibility index (Phi) is 6.44. The van der Waals surface area contributed by atoms with E-state index in [9.17, 15) is 9.59 Å². The zero-order valence-electron chi connectivity index (χ0n) is 16.6. The van der Waals surface area contributed by atoms with Crippen LogP contribution in [0, 0.1) is 5.92 Å². The molecule has 1 unspecified atom stereocenters. The van der Waals surface area contributed by atoms with E-state index in [1.54, 1.807) is 18.3 Å². The van der Waals surface area contributed by atoms with Crippen LogP contribution in [-0.4, -0.2) is 83.9 Å². The van der Waals surface area contributed by atoms with Crippen molar-refractivity contribution in [2.24, 2.45) is 5.92 Å². The highest BCUT2D eigenvalue weighted by Crippen LogP contribution is 2.18. The molecule has 27 heavy (non-hydrogen) atoms. The first-order chi connectivity index (χ1) is 12.9.